The van der Waals surface area contributed by atoms with E-state index in [1.54, 1.807) is 6.20 Å². The summed E-state index contributed by atoms with van der Waals surface area (Å²) in [6.45, 7) is 10.4. The maximum atomic E-state index is 12.7. The zero-order chi connectivity index (χ0) is 18.5. The average Bonchev–Trinajstić information content (AvgIpc) is 3.20. The molecule has 0 unspecified atom stereocenters. The minimum atomic E-state index is -0.162. The quantitative estimate of drug-likeness (QED) is 0.851. The van der Waals surface area contributed by atoms with E-state index in [0.717, 1.165) is 43.1 Å². The van der Waals surface area contributed by atoms with Crippen LogP contribution < -0.4 is 15.1 Å². The van der Waals surface area contributed by atoms with Crippen molar-refractivity contribution in [2.75, 3.05) is 41.3 Å². The van der Waals surface area contributed by atoms with Gasteiger partial charge in [0.25, 0.3) is 5.91 Å². The highest BCUT2D eigenvalue weighted by molar-refractivity contribution is 6.03. The third kappa shape index (κ3) is 3.98. The maximum Gasteiger partial charge on any atom is 0.274 e. The monoisotopic (exact) mass is 352 g/mol. The number of nitrogens with one attached hydrogen (secondary N) is 1. The lowest BCUT2D eigenvalue weighted by atomic mass is 10.1. The fourth-order valence-electron chi connectivity index (χ4n) is 3.48. The highest BCUT2D eigenvalue weighted by Crippen LogP contribution is 2.24. The van der Waals surface area contributed by atoms with Crippen LogP contribution in [-0.2, 0) is 0 Å². The molecule has 0 radical (unpaired) electrons. The van der Waals surface area contributed by atoms with Crippen molar-refractivity contribution < 1.29 is 4.79 Å². The molecule has 0 spiro atoms. The number of aromatic nitrogens is 1. The molecule has 1 N–H and O–H groups in total. The predicted molar refractivity (Wildman–Crippen MR) is 108 cm³/mol. The molecule has 2 heterocycles. The van der Waals surface area contributed by atoms with E-state index in [0.29, 0.717) is 5.69 Å². The van der Waals surface area contributed by atoms with Gasteiger partial charge in [-0.1, -0.05) is 0 Å². The Balaban J connectivity index is 1.74. The first kappa shape index (κ1) is 18.2. The van der Waals surface area contributed by atoms with Crippen LogP contribution in [-0.4, -0.2) is 37.1 Å². The van der Waals surface area contributed by atoms with Crippen LogP contribution >= 0.6 is 0 Å². The standard InChI is InChI=1S/C21H28N4O/c1-4-24(5-2)17-8-9-19(16(3)14-17)23-21(26)20-15-18(10-11-22-20)25-12-6-7-13-25/h8-11,14-15H,4-7,12-13H2,1-3H3,(H,23,26). The van der Waals surface area contributed by atoms with Crippen molar-refractivity contribution in [1.29, 1.82) is 0 Å². The normalized spacial score (nSPS) is 13.7. The van der Waals surface area contributed by atoms with Crippen LogP contribution in [0.1, 0.15) is 42.7 Å². The summed E-state index contributed by atoms with van der Waals surface area (Å²) in [5.41, 5.74) is 4.61. The van der Waals surface area contributed by atoms with E-state index in [1.807, 2.05) is 25.1 Å². The number of hydrogen-bond acceptors (Lipinski definition) is 4. The molecular weight excluding hydrogens is 324 g/mol. The van der Waals surface area contributed by atoms with Gasteiger partial charge in [0.05, 0.1) is 0 Å². The summed E-state index contributed by atoms with van der Waals surface area (Å²) in [4.78, 5) is 21.5. The summed E-state index contributed by atoms with van der Waals surface area (Å²) in [6, 6.07) is 10.0. The lowest BCUT2D eigenvalue weighted by Gasteiger charge is -2.22. The molecule has 1 aliphatic heterocycles. The van der Waals surface area contributed by atoms with Crippen LogP contribution in [0.4, 0.5) is 17.1 Å². The van der Waals surface area contributed by atoms with E-state index in [1.165, 1.54) is 18.5 Å². The number of benzene rings is 1. The van der Waals surface area contributed by atoms with Crippen LogP contribution in [0.25, 0.3) is 0 Å². The Bertz CT molecular complexity index is 764. The van der Waals surface area contributed by atoms with E-state index in [2.05, 4.69) is 46.1 Å². The Morgan fingerprint density at radius 3 is 2.54 bits per heavy atom. The number of pyridine rings is 1. The molecule has 1 amide bonds. The summed E-state index contributed by atoms with van der Waals surface area (Å²) in [7, 11) is 0. The molecule has 2 aromatic rings. The number of nitrogens with zero attached hydrogens (tertiary/aromatic N) is 3. The van der Waals surface area contributed by atoms with E-state index in [9.17, 15) is 4.79 Å². The van der Waals surface area contributed by atoms with Crippen molar-refractivity contribution in [3.63, 3.8) is 0 Å². The molecule has 5 nitrogen and oxygen atoms in total. The molecule has 0 atom stereocenters. The Hall–Kier alpha value is -2.56. The van der Waals surface area contributed by atoms with Crippen molar-refractivity contribution in [2.45, 2.75) is 33.6 Å². The minimum Gasteiger partial charge on any atom is -0.372 e. The second-order valence-electron chi connectivity index (χ2n) is 6.72. The highest BCUT2D eigenvalue weighted by atomic mass is 16.1. The molecule has 26 heavy (non-hydrogen) atoms. The number of anilines is 3. The van der Waals surface area contributed by atoms with Gasteiger partial charge in [-0.2, -0.15) is 0 Å². The van der Waals surface area contributed by atoms with E-state index >= 15 is 0 Å². The Morgan fingerprint density at radius 2 is 1.88 bits per heavy atom. The van der Waals surface area contributed by atoms with Gasteiger partial charge in [0.15, 0.2) is 0 Å². The molecule has 1 saturated heterocycles. The number of aryl methyl sites for hydroxylation is 1. The molecule has 3 rings (SSSR count). The van der Waals surface area contributed by atoms with E-state index in [-0.39, 0.29) is 5.91 Å². The summed E-state index contributed by atoms with van der Waals surface area (Å²) in [6.07, 6.45) is 4.14. The van der Waals surface area contributed by atoms with Gasteiger partial charge in [0.2, 0.25) is 0 Å². The zero-order valence-electron chi connectivity index (χ0n) is 16.0. The topological polar surface area (TPSA) is 48.5 Å². The number of rotatable bonds is 6. The summed E-state index contributed by atoms with van der Waals surface area (Å²) in [5.74, 6) is -0.162. The van der Waals surface area contributed by atoms with Gasteiger partial charge < -0.3 is 15.1 Å². The summed E-state index contributed by atoms with van der Waals surface area (Å²) < 4.78 is 0. The number of amides is 1. The van der Waals surface area contributed by atoms with Crippen LogP contribution in [0.15, 0.2) is 36.5 Å². The summed E-state index contributed by atoms with van der Waals surface area (Å²) in [5, 5.41) is 3.01. The lowest BCUT2D eigenvalue weighted by Crippen LogP contribution is -2.22. The number of carbonyl (C=O) groups is 1. The second-order valence-corrected chi connectivity index (χ2v) is 6.72. The van der Waals surface area contributed by atoms with E-state index in [4.69, 9.17) is 0 Å². The number of carbonyl (C=O) groups excluding carboxylic acids is 1. The van der Waals surface area contributed by atoms with Gasteiger partial charge in [-0.25, -0.2) is 0 Å². The fourth-order valence-corrected chi connectivity index (χ4v) is 3.48. The SMILES string of the molecule is CCN(CC)c1ccc(NC(=O)c2cc(N3CCCC3)ccn2)c(C)c1. The van der Waals surface area contributed by atoms with E-state index < -0.39 is 0 Å². The van der Waals surface area contributed by atoms with Crippen LogP contribution in [0.5, 0.6) is 0 Å². The average molecular weight is 352 g/mol. The molecule has 0 bridgehead atoms. The molecule has 0 aliphatic carbocycles. The van der Waals surface area contributed by atoms with Crippen molar-refractivity contribution in [3.8, 4) is 0 Å². The Kier molecular flexibility index (Phi) is 5.76. The third-order valence-corrected chi connectivity index (χ3v) is 5.03. The first-order chi connectivity index (χ1) is 12.6. The van der Waals surface area contributed by atoms with Crippen LogP contribution in [0, 0.1) is 6.92 Å². The lowest BCUT2D eigenvalue weighted by molar-refractivity contribution is 0.102. The minimum absolute atomic E-state index is 0.162. The summed E-state index contributed by atoms with van der Waals surface area (Å²) >= 11 is 0. The van der Waals surface area contributed by atoms with Gasteiger partial charge in [0, 0.05) is 49.4 Å². The predicted octanol–water partition coefficient (Wildman–Crippen LogP) is 4.09. The van der Waals surface area contributed by atoms with Crippen molar-refractivity contribution in [3.05, 3.63) is 47.8 Å². The molecule has 1 aromatic heterocycles. The maximum absolute atomic E-state index is 12.7. The Morgan fingerprint density at radius 1 is 1.15 bits per heavy atom. The molecule has 1 aliphatic rings. The molecule has 5 heteroatoms. The van der Waals surface area contributed by atoms with Gasteiger partial charge in [-0.15, -0.1) is 0 Å². The first-order valence-corrected chi connectivity index (χ1v) is 9.50. The van der Waals surface area contributed by atoms with Crippen LogP contribution in [0.3, 0.4) is 0 Å². The highest BCUT2D eigenvalue weighted by Gasteiger charge is 2.16. The first-order valence-electron chi connectivity index (χ1n) is 9.50. The van der Waals surface area contributed by atoms with Gasteiger partial charge in [0.1, 0.15) is 5.69 Å². The molecule has 1 fully saturated rings. The number of hydrogen-bond donors (Lipinski definition) is 1. The Labute approximate surface area is 156 Å². The second kappa shape index (κ2) is 8.21. The largest absolute Gasteiger partial charge is 0.372 e. The third-order valence-electron chi connectivity index (χ3n) is 5.03. The smallest absolute Gasteiger partial charge is 0.274 e. The molecular formula is C21H28N4O. The van der Waals surface area contributed by atoms with Crippen molar-refractivity contribution >= 4 is 23.0 Å². The molecule has 1 aromatic carbocycles. The van der Waals surface area contributed by atoms with Gasteiger partial charge in [-0.3, -0.25) is 9.78 Å². The van der Waals surface area contributed by atoms with Crippen molar-refractivity contribution in [1.82, 2.24) is 4.98 Å². The molecule has 138 valence electrons. The molecule has 0 saturated carbocycles. The van der Waals surface area contributed by atoms with Gasteiger partial charge in [-0.05, 0) is 69.5 Å². The zero-order valence-corrected chi connectivity index (χ0v) is 16.0. The fraction of sp³-hybridized carbons (Fsp3) is 0.429. The van der Waals surface area contributed by atoms with Crippen LogP contribution in [0.2, 0.25) is 0 Å². The van der Waals surface area contributed by atoms with Gasteiger partial charge >= 0.3 is 0 Å². The van der Waals surface area contributed by atoms with Crippen molar-refractivity contribution in [2.24, 2.45) is 0 Å².